The molecule has 74 valence electrons. The molecule has 0 saturated carbocycles. The number of amides is 1. The first kappa shape index (κ1) is 10.4. The van der Waals surface area contributed by atoms with Crippen LogP contribution in [-0.2, 0) is 4.79 Å². The van der Waals surface area contributed by atoms with Crippen LogP contribution in [-0.4, -0.2) is 10.9 Å². The molecule has 0 spiro atoms. The Balaban J connectivity index is 2.81. The Morgan fingerprint density at radius 3 is 3.07 bits per heavy atom. The van der Waals surface area contributed by atoms with E-state index < -0.39 is 11.9 Å². The van der Waals surface area contributed by atoms with E-state index in [4.69, 9.17) is 5.73 Å². The molecule has 3 nitrogen and oxygen atoms in total. The van der Waals surface area contributed by atoms with E-state index in [0.29, 0.717) is 11.1 Å². The molecule has 1 rings (SSSR count). The van der Waals surface area contributed by atoms with E-state index in [1.165, 1.54) is 6.20 Å². The van der Waals surface area contributed by atoms with Crippen molar-refractivity contribution in [3.05, 3.63) is 35.4 Å². The number of carbonyl (C=O) groups excluding carboxylic acids is 1. The summed E-state index contributed by atoms with van der Waals surface area (Å²) in [6.45, 7) is 1.63. The zero-order chi connectivity index (χ0) is 10.6. The number of carbonyl (C=O) groups is 1. The van der Waals surface area contributed by atoms with Gasteiger partial charge in [0.2, 0.25) is 11.9 Å². The molecule has 2 N–H and O–H groups in total. The molecule has 0 saturated heterocycles. The summed E-state index contributed by atoms with van der Waals surface area (Å²) in [6.07, 6.45) is 4.80. The minimum Gasteiger partial charge on any atom is -0.369 e. The number of nitrogens with zero attached hydrogens (tertiary/aromatic N) is 1. The van der Waals surface area contributed by atoms with Gasteiger partial charge in [0.15, 0.2) is 0 Å². The molecule has 0 atom stereocenters. The molecule has 0 fully saturated rings. The highest BCUT2D eigenvalue weighted by molar-refractivity contribution is 5.76. The maximum absolute atomic E-state index is 12.9. The summed E-state index contributed by atoms with van der Waals surface area (Å²) in [4.78, 5) is 13.9. The van der Waals surface area contributed by atoms with Crippen LogP contribution in [0.15, 0.2) is 18.3 Å². The molecule has 14 heavy (non-hydrogen) atoms. The lowest BCUT2D eigenvalue weighted by Gasteiger charge is -1.99. The molecule has 1 aromatic rings. The third-order valence-corrected chi connectivity index (χ3v) is 1.80. The van der Waals surface area contributed by atoms with Gasteiger partial charge in [-0.05, 0) is 18.6 Å². The van der Waals surface area contributed by atoms with Gasteiger partial charge in [0.1, 0.15) is 0 Å². The van der Waals surface area contributed by atoms with Gasteiger partial charge >= 0.3 is 0 Å². The summed E-state index contributed by atoms with van der Waals surface area (Å²) in [5.74, 6) is -0.903. The van der Waals surface area contributed by atoms with Crippen LogP contribution < -0.4 is 5.73 Å². The van der Waals surface area contributed by atoms with Crippen molar-refractivity contribution in [3.8, 4) is 0 Å². The standard InChI is InChI=1S/C10H11FN2O/c1-7-8(3-2-4-9(12)14)5-6-13-10(7)11/h2-3,5-6H,4H2,1H3,(H2,12,14). The second-order valence-electron chi connectivity index (χ2n) is 2.89. The number of nitrogens with two attached hydrogens (primary N) is 1. The fraction of sp³-hybridized carbons (Fsp3) is 0.200. The highest BCUT2D eigenvalue weighted by Gasteiger charge is 2.00. The molecular formula is C10H11FN2O. The number of aromatic nitrogens is 1. The fourth-order valence-corrected chi connectivity index (χ4v) is 1.01. The monoisotopic (exact) mass is 194 g/mol. The van der Waals surface area contributed by atoms with Gasteiger partial charge < -0.3 is 5.73 Å². The summed E-state index contributed by atoms with van der Waals surface area (Å²) in [7, 11) is 0. The second kappa shape index (κ2) is 4.50. The average molecular weight is 194 g/mol. The van der Waals surface area contributed by atoms with Crippen LogP contribution in [0, 0.1) is 12.9 Å². The zero-order valence-corrected chi connectivity index (χ0v) is 7.83. The highest BCUT2D eigenvalue weighted by Crippen LogP contribution is 2.11. The van der Waals surface area contributed by atoms with Crippen LogP contribution in [0.2, 0.25) is 0 Å². The number of hydrogen-bond acceptors (Lipinski definition) is 2. The predicted octanol–water partition coefficient (Wildman–Crippen LogP) is 1.42. The topological polar surface area (TPSA) is 56.0 Å². The van der Waals surface area contributed by atoms with Crippen LogP contribution >= 0.6 is 0 Å². The van der Waals surface area contributed by atoms with Gasteiger partial charge in [0.25, 0.3) is 0 Å². The lowest BCUT2D eigenvalue weighted by atomic mass is 10.1. The van der Waals surface area contributed by atoms with Crippen molar-refractivity contribution < 1.29 is 9.18 Å². The quantitative estimate of drug-likeness (QED) is 0.740. The van der Waals surface area contributed by atoms with Crippen molar-refractivity contribution in [2.75, 3.05) is 0 Å². The van der Waals surface area contributed by atoms with Gasteiger partial charge in [-0.25, -0.2) is 4.98 Å². The Morgan fingerprint density at radius 2 is 2.43 bits per heavy atom. The fourth-order valence-electron chi connectivity index (χ4n) is 1.01. The Hall–Kier alpha value is -1.71. The summed E-state index contributed by atoms with van der Waals surface area (Å²) >= 11 is 0. The minimum atomic E-state index is -0.494. The Morgan fingerprint density at radius 1 is 1.71 bits per heavy atom. The van der Waals surface area contributed by atoms with E-state index in [2.05, 4.69) is 4.98 Å². The largest absolute Gasteiger partial charge is 0.369 e. The first-order valence-corrected chi connectivity index (χ1v) is 4.17. The van der Waals surface area contributed by atoms with Crippen molar-refractivity contribution in [2.45, 2.75) is 13.3 Å². The maximum Gasteiger partial charge on any atom is 0.221 e. The normalized spacial score (nSPS) is 10.7. The first-order valence-electron chi connectivity index (χ1n) is 4.17. The molecule has 4 heteroatoms. The smallest absolute Gasteiger partial charge is 0.221 e. The van der Waals surface area contributed by atoms with Gasteiger partial charge in [-0.3, -0.25) is 4.79 Å². The van der Waals surface area contributed by atoms with Crippen molar-refractivity contribution in [1.82, 2.24) is 4.98 Å². The summed E-state index contributed by atoms with van der Waals surface area (Å²) in [5, 5.41) is 0. The van der Waals surface area contributed by atoms with Gasteiger partial charge in [0, 0.05) is 18.2 Å². The third-order valence-electron chi connectivity index (χ3n) is 1.80. The van der Waals surface area contributed by atoms with Crippen LogP contribution in [0.5, 0.6) is 0 Å². The van der Waals surface area contributed by atoms with Gasteiger partial charge in [-0.1, -0.05) is 12.2 Å². The molecule has 0 aliphatic heterocycles. The lowest BCUT2D eigenvalue weighted by Crippen LogP contribution is -2.07. The second-order valence-corrected chi connectivity index (χ2v) is 2.89. The molecule has 0 aliphatic carbocycles. The number of hydrogen-bond donors (Lipinski definition) is 1. The van der Waals surface area contributed by atoms with Crippen molar-refractivity contribution >= 4 is 12.0 Å². The maximum atomic E-state index is 12.9. The number of halogens is 1. The molecule has 0 unspecified atom stereocenters. The Kier molecular flexibility index (Phi) is 3.34. The number of rotatable bonds is 3. The molecule has 0 radical (unpaired) electrons. The van der Waals surface area contributed by atoms with Gasteiger partial charge in [-0.15, -0.1) is 0 Å². The number of pyridine rings is 1. The van der Waals surface area contributed by atoms with Crippen molar-refractivity contribution in [3.63, 3.8) is 0 Å². The molecule has 1 heterocycles. The summed E-state index contributed by atoms with van der Waals surface area (Å²) in [6, 6.07) is 1.68. The zero-order valence-electron chi connectivity index (χ0n) is 7.83. The van der Waals surface area contributed by atoms with E-state index >= 15 is 0 Å². The third kappa shape index (κ3) is 2.65. The molecule has 1 aromatic heterocycles. The van der Waals surface area contributed by atoms with Crippen LogP contribution in [0.3, 0.4) is 0 Å². The van der Waals surface area contributed by atoms with Gasteiger partial charge in [-0.2, -0.15) is 4.39 Å². The van der Waals surface area contributed by atoms with Crippen LogP contribution in [0.4, 0.5) is 4.39 Å². The minimum absolute atomic E-state index is 0.156. The van der Waals surface area contributed by atoms with Gasteiger partial charge in [0.05, 0.1) is 0 Å². The summed E-state index contributed by atoms with van der Waals surface area (Å²) in [5.41, 5.74) is 6.12. The molecule has 0 bridgehead atoms. The average Bonchev–Trinajstić information content (AvgIpc) is 2.12. The van der Waals surface area contributed by atoms with Crippen LogP contribution in [0.25, 0.3) is 6.08 Å². The van der Waals surface area contributed by atoms with Crippen molar-refractivity contribution in [1.29, 1.82) is 0 Å². The first-order chi connectivity index (χ1) is 6.61. The molecule has 1 amide bonds. The van der Waals surface area contributed by atoms with E-state index in [-0.39, 0.29) is 6.42 Å². The Bertz CT molecular complexity index is 374. The lowest BCUT2D eigenvalue weighted by molar-refractivity contribution is -0.117. The van der Waals surface area contributed by atoms with Crippen LogP contribution in [0.1, 0.15) is 17.5 Å². The van der Waals surface area contributed by atoms with E-state index in [0.717, 1.165) is 0 Å². The predicted molar refractivity (Wildman–Crippen MR) is 51.8 cm³/mol. The van der Waals surface area contributed by atoms with E-state index in [1.54, 1.807) is 25.1 Å². The molecule has 0 aromatic carbocycles. The van der Waals surface area contributed by atoms with Crippen molar-refractivity contribution in [2.24, 2.45) is 5.73 Å². The Labute approximate surface area is 81.5 Å². The highest BCUT2D eigenvalue weighted by atomic mass is 19.1. The number of primary amides is 1. The van der Waals surface area contributed by atoms with E-state index in [9.17, 15) is 9.18 Å². The van der Waals surface area contributed by atoms with E-state index in [1.807, 2.05) is 0 Å². The molecular weight excluding hydrogens is 183 g/mol. The molecule has 0 aliphatic rings. The summed E-state index contributed by atoms with van der Waals surface area (Å²) < 4.78 is 12.9. The SMILES string of the molecule is Cc1c(C=CCC(N)=O)ccnc1F.